The number of nitriles is 1. The number of benzene rings is 1. The van der Waals surface area contributed by atoms with Gasteiger partial charge in [-0.3, -0.25) is 9.69 Å². The molecule has 1 amide bonds. The number of hydrogen-bond acceptors (Lipinski definition) is 4. The molecule has 2 aliphatic rings. The van der Waals surface area contributed by atoms with E-state index in [4.69, 9.17) is 11.0 Å². The number of primary amides is 1. The number of piperidine rings is 1. The summed E-state index contributed by atoms with van der Waals surface area (Å²) in [5.74, 6) is -0.406. The summed E-state index contributed by atoms with van der Waals surface area (Å²) in [7, 11) is 0. The Morgan fingerprint density at radius 1 is 1.35 bits per heavy atom. The van der Waals surface area contributed by atoms with Crippen molar-refractivity contribution >= 4 is 5.91 Å². The van der Waals surface area contributed by atoms with Gasteiger partial charge in [0.2, 0.25) is 5.91 Å². The molecular formula is C18H23N3O2. The van der Waals surface area contributed by atoms with E-state index in [0.29, 0.717) is 12.1 Å². The average Bonchev–Trinajstić information content (AvgIpc) is 2.94. The van der Waals surface area contributed by atoms with Crippen molar-refractivity contribution < 1.29 is 9.90 Å². The second kappa shape index (κ2) is 6.31. The van der Waals surface area contributed by atoms with Crippen LogP contribution in [0.15, 0.2) is 24.3 Å². The number of hydrogen-bond donors (Lipinski definition) is 2. The number of likely N-dealkylation sites (tertiary alicyclic amines) is 1. The Morgan fingerprint density at radius 3 is 2.57 bits per heavy atom. The number of aliphatic hydroxyl groups is 1. The van der Waals surface area contributed by atoms with Crippen LogP contribution in [0.4, 0.5) is 0 Å². The monoisotopic (exact) mass is 313 g/mol. The van der Waals surface area contributed by atoms with Crippen LogP contribution in [0.5, 0.6) is 0 Å². The third-order valence-corrected chi connectivity index (χ3v) is 5.31. The maximum absolute atomic E-state index is 12.1. The molecule has 122 valence electrons. The lowest BCUT2D eigenvalue weighted by Gasteiger charge is -2.45. The van der Waals surface area contributed by atoms with Crippen LogP contribution in [0.3, 0.4) is 0 Å². The first-order valence-electron chi connectivity index (χ1n) is 8.24. The normalized spacial score (nSPS) is 25.1. The molecule has 1 aromatic rings. The first-order chi connectivity index (χ1) is 11.0. The summed E-state index contributed by atoms with van der Waals surface area (Å²) in [5, 5.41) is 19.2. The number of nitrogens with zero attached hydrogens (tertiary/aromatic N) is 2. The highest BCUT2D eigenvalue weighted by atomic mass is 16.3. The van der Waals surface area contributed by atoms with Gasteiger partial charge in [0.1, 0.15) is 6.04 Å². The molecule has 3 rings (SSSR count). The third kappa shape index (κ3) is 3.24. The fraction of sp³-hybridized carbons (Fsp3) is 0.556. The van der Waals surface area contributed by atoms with Crippen LogP contribution in [-0.2, 0) is 4.79 Å². The van der Waals surface area contributed by atoms with Crippen LogP contribution in [0, 0.1) is 16.7 Å². The summed E-state index contributed by atoms with van der Waals surface area (Å²) in [6.45, 7) is 1.27. The Kier molecular flexibility index (Phi) is 4.38. The maximum atomic E-state index is 12.1. The van der Waals surface area contributed by atoms with E-state index in [2.05, 4.69) is 6.07 Å². The smallest absolute Gasteiger partial charge is 0.239 e. The van der Waals surface area contributed by atoms with Crippen LogP contribution in [0.1, 0.15) is 49.3 Å². The van der Waals surface area contributed by atoms with E-state index in [1.165, 1.54) is 12.8 Å². The minimum Gasteiger partial charge on any atom is -0.392 e. The summed E-state index contributed by atoms with van der Waals surface area (Å²) >= 11 is 0. The second-order valence-electron chi connectivity index (χ2n) is 7.03. The van der Waals surface area contributed by atoms with Gasteiger partial charge in [-0.05, 0) is 42.4 Å². The van der Waals surface area contributed by atoms with Crippen molar-refractivity contribution in [3.05, 3.63) is 35.4 Å². The van der Waals surface area contributed by atoms with Crippen LogP contribution in [-0.4, -0.2) is 35.1 Å². The first-order valence-corrected chi connectivity index (χ1v) is 8.24. The van der Waals surface area contributed by atoms with E-state index in [1.54, 1.807) is 24.3 Å². The second-order valence-corrected chi connectivity index (χ2v) is 7.03. The molecule has 5 heteroatoms. The largest absolute Gasteiger partial charge is 0.392 e. The molecule has 1 saturated carbocycles. The summed E-state index contributed by atoms with van der Waals surface area (Å²) in [4.78, 5) is 14.1. The Morgan fingerprint density at radius 2 is 2.00 bits per heavy atom. The van der Waals surface area contributed by atoms with Crippen molar-refractivity contribution in [3.8, 4) is 6.07 Å². The molecule has 1 aliphatic heterocycles. The predicted molar refractivity (Wildman–Crippen MR) is 86.2 cm³/mol. The Hall–Kier alpha value is -1.90. The lowest BCUT2D eigenvalue weighted by molar-refractivity contribution is -0.126. The van der Waals surface area contributed by atoms with Gasteiger partial charge in [-0.15, -0.1) is 0 Å². The zero-order valence-electron chi connectivity index (χ0n) is 13.2. The fourth-order valence-electron chi connectivity index (χ4n) is 4.37. The lowest BCUT2D eigenvalue weighted by Crippen LogP contribution is -2.52. The SMILES string of the molecule is N#Cc1ccc(C(C(N)=O)N2CC(O)CC3(CCCC3)C2)cc1. The van der Waals surface area contributed by atoms with Crippen LogP contribution >= 0.6 is 0 Å². The predicted octanol–water partition coefficient (Wildman–Crippen LogP) is 1.71. The van der Waals surface area contributed by atoms with Crippen LogP contribution in [0.25, 0.3) is 0 Å². The molecule has 3 N–H and O–H groups in total. The van der Waals surface area contributed by atoms with Gasteiger partial charge >= 0.3 is 0 Å². The Bertz CT molecular complexity index is 614. The molecule has 2 unspecified atom stereocenters. The Labute approximate surface area is 136 Å². The number of β-amino-alcohol motifs (C(OH)–C–C–N with tert-alkyl or cyclic N) is 1. The van der Waals surface area contributed by atoms with E-state index >= 15 is 0 Å². The molecule has 1 spiro atoms. The van der Waals surface area contributed by atoms with Gasteiger partial charge in [0.15, 0.2) is 0 Å². The van der Waals surface area contributed by atoms with Crippen molar-refractivity contribution in [2.45, 2.75) is 44.2 Å². The zero-order chi connectivity index (χ0) is 16.4. The summed E-state index contributed by atoms with van der Waals surface area (Å²) in [6.07, 6.45) is 5.01. The van der Waals surface area contributed by atoms with Gasteiger partial charge in [-0.2, -0.15) is 5.26 Å². The molecule has 1 aromatic carbocycles. The van der Waals surface area contributed by atoms with Crippen molar-refractivity contribution in [1.29, 1.82) is 5.26 Å². The lowest BCUT2D eigenvalue weighted by atomic mass is 9.76. The number of amides is 1. The highest BCUT2D eigenvalue weighted by Gasteiger charge is 2.44. The molecule has 23 heavy (non-hydrogen) atoms. The number of carbonyl (C=O) groups excluding carboxylic acids is 1. The quantitative estimate of drug-likeness (QED) is 0.889. The first kappa shape index (κ1) is 16.0. The van der Waals surface area contributed by atoms with Gasteiger partial charge in [0, 0.05) is 13.1 Å². The Balaban J connectivity index is 1.87. The maximum Gasteiger partial charge on any atom is 0.239 e. The van der Waals surface area contributed by atoms with Gasteiger partial charge in [0.25, 0.3) is 0 Å². The van der Waals surface area contributed by atoms with E-state index in [0.717, 1.165) is 31.4 Å². The number of rotatable bonds is 3. The number of nitrogens with two attached hydrogens (primary N) is 1. The number of aliphatic hydroxyl groups excluding tert-OH is 1. The average molecular weight is 313 g/mol. The summed E-state index contributed by atoms with van der Waals surface area (Å²) in [6, 6.07) is 8.52. The molecule has 2 atom stereocenters. The van der Waals surface area contributed by atoms with Crippen molar-refractivity contribution in [2.24, 2.45) is 11.1 Å². The standard InChI is InChI=1S/C18H23N3O2/c19-10-13-3-5-14(6-4-13)16(17(20)23)21-11-15(22)9-18(12-21)7-1-2-8-18/h3-6,15-16,22H,1-2,7-9,11-12H2,(H2,20,23). The highest BCUT2D eigenvalue weighted by molar-refractivity contribution is 5.81. The minimum atomic E-state index is -0.546. The van der Waals surface area contributed by atoms with E-state index in [-0.39, 0.29) is 5.41 Å². The van der Waals surface area contributed by atoms with E-state index in [1.807, 2.05) is 4.90 Å². The van der Waals surface area contributed by atoms with E-state index < -0.39 is 18.1 Å². The van der Waals surface area contributed by atoms with Gasteiger partial charge < -0.3 is 10.8 Å². The van der Waals surface area contributed by atoms with Gasteiger partial charge in [-0.1, -0.05) is 25.0 Å². The molecule has 5 nitrogen and oxygen atoms in total. The third-order valence-electron chi connectivity index (χ3n) is 5.31. The zero-order valence-corrected chi connectivity index (χ0v) is 13.2. The van der Waals surface area contributed by atoms with Gasteiger partial charge in [0.05, 0.1) is 17.7 Å². The molecule has 1 saturated heterocycles. The molecule has 1 aliphatic carbocycles. The minimum absolute atomic E-state index is 0.123. The van der Waals surface area contributed by atoms with Crippen LogP contribution in [0.2, 0.25) is 0 Å². The number of carbonyl (C=O) groups is 1. The van der Waals surface area contributed by atoms with Crippen molar-refractivity contribution in [2.75, 3.05) is 13.1 Å². The van der Waals surface area contributed by atoms with Crippen molar-refractivity contribution in [1.82, 2.24) is 4.90 Å². The molecule has 0 aromatic heterocycles. The topological polar surface area (TPSA) is 90.3 Å². The highest BCUT2D eigenvalue weighted by Crippen LogP contribution is 2.46. The van der Waals surface area contributed by atoms with E-state index in [9.17, 15) is 9.90 Å². The van der Waals surface area contributed by atoms with Crippen molar-refractivity contribution in [3.63, 3.8) is 0 Å². The molecule has 1 heterocycles. The molecule has 2 fully saturated rings. The van der Waals surface area contributed by atoms with Gasteiger partial charge in [-0.25, -0.2) is 0 Å². The fourth-order valence-corrected chi connectivity index (χ4v) is 4.37. The summed E-state index contributed by atoms with van der Waals surface area (Å²) in [5.41, 5.74) is 7.15. The molecule has 0 bridgehead atoms. The summed E-state index contributed by atoms with van der Waals surface area (Å²) < 4.78 is 0. The van der Waals surface area contributed by atoms with Crippen LogP contribution < -0.4 is 5.73 Å². The molecular weight excluding hydrogens is 290 g/mol. The molecule has 0 radical (unpaired) electrons.